The highest BCUT2D eigenvalue weighted by atomic mass is 16.8. The van der Waals surface area contributed by atoms with Crippen LogP contribution in [0.3, 0.4) is 0 Å². The van der Waals surface area contributed by atoms with E-state index in [0.29, 0.717) is 51.4 Å². The number of hydrogen-bond acceptors (Lipinski definition) is 35. The number of esters is 2. The van der Waals surface area contributed by atoms with Crippen LogP contribution in [-0.2, 0) is 80.6 Å². The molecule has 0 amide bonds. The van der Waals surface area contributed by atoms with Crippen molar-refractivity contribution in [3.63, 3.8) is 0 Å². The Labute approximate surface area is 656 Å². The first-order chi connectivity index (χ1) is 52.9. The largest absolute Gasteiger partial charge is 0.459 e. The predicted octanol–water partition coefficient (Wildman–Crippen LogP) is -2.76. The van der Waals surface area contributed by atoms with Gasteiger partial charge in [-0.05, 0) is 143 Å². The fraction of sp³-hybridized carbons (Fsp3) is 0.897. The predicted molar refractivity (Wildman–Crippen MR) is 383 cm³/mol. The van der Waals surface area contributed by atoms with Gasteiger partial charge < -0.3 is 163 Å². The third-order valence-electron chi connectivity index (χ3n) is 28.2. The van der Waals surface area contributed by atoms with Crippen molar-refractivity contribution in [2.45, 2.75) is 349 Å². The van der Waals surface area contributed by atoms with E-state index in [1.165, 1.54) is 19.9 Å². The molecule has 0 aromatic carbocycles. The van der Waals surface area contributed by atoms with Crippen LogP contribution < -0.4 is 0 Å². The lowest BCUT2D eigenvalue weighted by Gasteiger charge is -2.71. The van der Waals surface area contributed by atoms with Gasteiger partial charge in [0.25, 0.3) is 0 Å². The zero-order valence-corrected chi connectivity index (χ0v) is 65.9. The standard InChI is InChI=1S/C78H124O35/c1-12-74(8,98)19-13-14-33(2)63(96)99-31-41-50(87)52(89)62(112-67-57(94)53(90)59(34(3)105-67)109-66-58(95)60(40(82)30-102-66)110-64-54(91)46(83)37(79)27-100-64)70(107-41)113-71(97)78-24-22-72(4,5)26-36(78)35-15-16-44-75(9)20-18-45(73(6,7)43(75)17-21-77(44,11)76(35,10)23-25-78)108-68-56(93)51(88)49(86)42(106-68)32-104-69-61(48(85)39(81)29-103-69)111-65-55(92)47(84)38(80)28-101-65/h12,14-15,34,36-62,64-70,79-95,98H,1,13,16-32H2,2-11H3/b33-14+/t34-,36-,37+,38+,39-,40+,41+,42+,43-,44+,45-,46-,47-,48-,49+,50+,51-,52-,53-,54+,55+,56+,57+,58+,59-,60-,61+,62+,64+,65-,66-,67-,68-,69-,70-,74+,75-,76+,77+,78-/m0/s1. The summed E-state index contributed by atoms with van der Waals surface area (Å²) >= 11 is 0. The molecule has 35 nitrogen and oxygen atoms in total. The minimum atomic E-state index is -2.06. The Balaban J connectivity index is 0.751. The number of hydrogen-bond donors (Lipinski definition) is 18. The van der Waals surface area contributed by atoms with Gasteiger partial charge in [-0.25, -0.2) is 4.79 Å². The van der Waals surface area contributed by atoms with Crippen molar-refractivity contribution in [3.05, 3.63) is 36.0 Å². The Morgan fingerprint density at radius 1 is 0.531 bits per heavy atom. The highest BCUT2D eigenvalue weighted by Gasteiger charge is 2.71. The molecule has 11 fully saturated rings. The molecule has 0 unspecified atom stereocenters. The first-order valence-electron chi connectivity index (χ1n) is 39.9. The summed E-state index contributed by atoms with van der Waals surface area (Å²) in [5.41, 5.74) is -3.12. The third kappa shape index (κ3) is 17.1. The lowest BCUT2D eigenvalue weighted by atomic mass is 9.33. The zero-order valence-electron chi connectivity index (χ0n) is 65.9. The fourth-order valence-corrected chi connectivity index (χ4v) is 20.7. The van der Waals surface area contributed by atoms with Crippen molar-refractivity contribution < 1.29 is 173 Å². The van der Waals surface area contributed by atoms with Crippen molar-refractivity contribution in [2.24, 2.45) is 50.2 Å². The highest BCUT2D eigenvalue weighted by molar-refractivity contribution is 5.87. The molecule has 0 aromatic heterocycles. The van der Waals surface area contributed by atoms with Gasteiger partial charge in [0.05, 0.1) is 56.3 Å². The van der Waals surface area contributed by atoms with E-state index >= 15 is 4.79 Å². The molecule has 35 heteroatoms. The number of rotatable bonds is 22. The molecule has 0 radical (unpaired) electrons. The molecule has 0 bridgehead atoms. The summed E-state index contributed by atoms with van der Waals surface area (Å²) in [5.74, 6) is -1.77. The van der Waals surface area contributed by atoms with Gasteiger partial charge in [-0.1, -0.05) is 72.3 Å². The van der Waals surface area contributed by atoms with E-state index in [4.69, 9.17) is 71.1 Å². The average molecular weight is 1620 g/mol. The van der Waals surface area contributed by atoms with Crippen molar-refractivity contribution in [2.75, 3.05) is 39.6 Å². The monoisotopic (exact) mass is 1620 g/mol. The van der Waals surface area contributed by atoms with Gasteiger partial charge in [-0.3, -0.25) is 4.79 Å². The van der Waals surface area contributed by atoms with Gasteiger partial charge >= 0.3 is 11.9 Å². The highest BCUT2D eigenvalue weighted by Crippen LogP contribution is 2.76. The minimum absolute atomic E-state index is 0.0369. The maximum atomic E-state index is 16.1. The molecule has 0 aromatic rings. The summed E-state index contributed by atoms with van der Waals surface area (Å²) in [6, 6.07) is 0. The Morgan fingerprint density at radius 3 is 1.69 bits per heavy atom. The van der Waals surface area contributed by atoms with Gasteiger partial charge in [0.2, 0.25) is 6.29 Å². The van der Waals surface area contributed by atoms with Crippen molar-refractivity contribution in [3.8, 4) is 0 Å². The first-order valence-corrected chi connectivity index (χ1v) is 39.9. The van der Waals surface area contributed by atoms with E-state index in [-0.39, 0.29) is 46.5 Å². The molecule has 7 aliphatic heterocycles. The average Bonchev–Trinajstić information content (AvgIpc) is 0.674. The minimum Gasteiger partial charge on any atom is -0.459 e. The van der Waals surface area contributed by atoms with Crippen molar-refractivity contribution in [1.29, 1.82) is 0 Å². The van der Waals surface area contributed by atoms with Crippen molar-refractivity contribution in [1.82, 2.24) is 0 Å². The molecular formula is C78H124O35. The summed E-state index contributed by atoms with van der Waals surface area (Å²) < 4.78 is 89.7. The summed E-state index contributed by atoms with van der Waals surface area (Å²) in [6.45, 7) is 20.8. The summed E-state index contributed by atoms with van der Waals surface area (Å²) in [7, 11) is 0. The SMILES string of the molecule is C=C[C@@](C)(O)CC/C=C(\C)C(=O)OC[C@H]1O[C@@H](OC(=O)[C@]23CCC(C)(C)C[C@H]2C2=CC[C@@H]4[C@@]5(C)CC[C@H](O[C@@H]6O[C@H](CO[C@@H]7OC[C@H](O)[C@H](O)[C@H]7O[C@@H]7OC[C@@H](O)[C@H](O)[C@H]7O)[C@@H](O)[C@H](O)[C@H]6O)C(C)(C)[C@@H]5CC[C@@]4(C)[C@]2(C)CC3)[C@H](O[C@@H]2O[C@@H](C)[C@H](O[C@@H]3OC[C@@H](O)[C@H](O[C@H]4OC[C@@H](O)[C@H](O)[C@H]4O)[C@H]3O)[C@@H](O)[C@H]2O)[C@@H](O)[C@@H]1O. The van der Waals surface area contributed by atoms with Crippen LogP contribution in [0.2, 0.25) is 0 Å². The topological polar surface area (TPSA) is 537 Å². The second-order valence-corrected chi connectivity index (χ2v) is 36.3. The number of aliphatic hydroxyl groups excluding tert-OH is 17. The van der Waals surface area contributed by atoms with Crippen LogP contribution in [-0.4, -0.2) is 346 Å². The van der Waals surface area contributed by atoms with Crippen LogP contribution in [0.4, 0.5) is 0 Å². The molecule has 18 N–H and O–H groups in total. The second-order valence-electron chi connectivity index (χ2n) is 36.3. The van der Waals surface area contributed by atoms with Crippen molar-refractivity contribution >= 4 is 11.9 Å². The van der Waals surface area contributed by atoms with Crippen LogP contribution in [0.25, 0.3) is 0 Å². The van der Waals surface area contributed by atoms with E-state index in [1.54, 1.807) is 13.0 Å². The Hall–Kier alpha value is -3.08. The Kier molecular flexibility index (Phi) is 27.2. The quantitative estimate of drug-likeness (QED) is 0.0226. The number of carbonyl (C=O) groups is 2. The van der Waals surface area contributed by atoms with Gasteiger partial charge in [0, 0.05) is 5.57 Å². The zero-order chi connectivity index (χ0) is 82.5. The van der Waals surface area contributed by atoms with Crippen LogP contribution in [0.1, 0.15) is 146 Å². The molecule has 5 aliphatic carbocycles. The Morgan fingerprint density at radius 2 is 1.04 bits per heavy atom. The van der Waals surface area contributed by atoms with Crippen LogP contribution in [0.15, 0.2) is 36.0 Å². The molecule has 7 saturated heterocycles. The van der Waals surface area contributed by atoms with E-state index in [1.807, 2.05) is 0 Å². The summed E-state index contributed by atoms with van der Waals surface area (Å²) in [6.07, 6.45) is -40.8. The number of carbonyl (C=O) groups excluding carboxylic acids is 2. The maximum Gasteiger partial charge on any atom is 0.333 e. The molecule has 113 heavy (non-hydrogen) atoms. The second kappa shape index (κ2) is 34.4. The summed E-state index contributed by atoms with van der Waals surface area (Å²) in [4.78, 5) is 29.6. The number of allylic oxidation sites excluding steroid dienone is 3. The first kappa shape index (κ1) is 89.2. The lowest BCUT2D eigenvalue weighted by molar-refractivity contribution is -0.379. The van der Waals surface area contributed by atoms with E-state index in [9.17, 15) is 96.7 Å². The molecule has 7 heterocycles. The van der Waals surface area contributed by atoms with Crippen LogP contribution >= 0.6 is 0 Å². The Bertz CT molecular complexity index is 3330. The smallest absolute Gasteiger partial charge is 0.333 e. The van der Waals surface area contributed by atoms with Gasteiger partial charge in [-0.15, -0.1) is 6.58 Å². The van der Waals surface area contributed by atoms with Crippen LogP contribution in [0.5, 0.6) is 0 Å². The normalized spacial score (nSPS) is 50.6. The molecular weight excluding hydrogens is 1500 g/mol. The van der Waals surface area contributed by atoms with Gasteiger partial charge in [0.15, 0.2) is 43.8 Å². The number of fused-ring (bicyclic) bond motifs is 7. The molecule has 12 rings (SSSR count). The van der Waals surface area contributed by atoms with E-state index in [2.05, 4.69) is 61.1 Å². The fourth-order valence-electron chi connectivity index (χ4n) is 20.7. The summed E-state index contributed by atoms with van der Waals surface area (Å²) in [5, 5.41) is 198. The number of ether oxygens (including phenoxy) is 15. The molecule has 12 aliphatic rings. The van der Waals surface area contributed by atoms with E-state index < -0.39 is 276 Å². The molecule has 40 atom stereocenters. The third-order valence-corrected chi connectivity index (χ3v) is 28.2. The van der Waals surface area contributed by atoms with Gasteiger partial charge in [0.1, 0.15) is 141 Å². The lowest BCUT2D eigenvalue weighted by Crippen LogP contribution is -2.67. The molecule has 4 saturated carbocycles. The van der Waals surface area contributed by atoms with Gasteiger partial charge in [-0.2, -0.15) is 0 Å². The molecule has 0 spiro atoms. The number of aliphatic hydroxyl groups is 18. The maximum absolute atomic E-state index is 16.1. The molecule has 646 valence electrons. The van der Waals surface area contributed by atoms with Crippen LogP contribution in [0, 0.1) is 50.2 Å². The van der Waals surface area contributed by atoms with E-state index in [0.717, 1.165) is 18.4 Å².